The molecule has 0 unspecified atom stereocenters. The lowest BCUT2D eigenvalue weighted by Crippen LogP contribution is -2.62. The van der Waals surface area contributed by atoms with Crippen molar-refractivity contribution < 1.29 is 17.9 Å². The van der Waals surface area contributed by atoms with Crippen LogP contribution in [0.1, 0.15) is 36.0 Å². The Balaban J connectivity index is 1.09. The van der Waals surface area contributed by atoms with Gasteiger partial charge in [0.05, 0.1) is 25.9 Å². The van der Waals surface area contributed by atoms with E-state index in [0.717, 1.165) is 60.4 Å². The Labute approximate surface area is 229 Å². The number of ether oxygens (including phenoxy) is 1. The van der Waals surface area contributed by atoms with Gasteiger partial charge in [0.15, 0.2) is 17.4 Å². The summed E-state index contributed by atoms with van der Waals surface area (Å²) in [4.78, 5) is 10.5. The highest BCUT2D eigenvalue weighted by Crippen LogP contribution is 2.57. The number of hydrogen-bond acceptors (Lipinski definition) is 7. The average Bonchev–Trinajstić information content (AvgIpc) is 3.14. The van der Waals surface area contributed by atoms with E-state index in [4.69, 9.17) is 16.3 Å². The molecule has 206 valence electrons. The minimum absolute atomic E-state index is 0.0300. The molecule has 4 aliphatic rings. The molecule has 39 heavy (non-hydrogen) atoms. The van der Waals surface area contributed by atoms with Crippen LogP contribution >= 0.6 is 11.6 Å². The summed E-state index contributed by atoms with van der Waals surface area (Å²) in [6, 6.07) is 9.70. The van der Waals surface area contributed by atoms with Gasteiger partial charge in [0.1, 0.15) is 5.82 Å². The molecule has 1 aliphatic carbocycles. The van der Waals surface area contributed by atoms with E-state index < -0.39 is 12.7 Å². The zero-order valence-corrected chi connectivity index (χ0v) is 22.3. The van der Waals surface area contributed by atoms with Crippen LogP contribution in [0.15, 0.2) is 36.5 Å². The molecule has 8 nitrogen and oxygen atoms in total. The minimum atomic E-state index is -4.18. The Morgan fingerprint density at radius 2 is 1.90 bits per heavy atom. The number of nitrogens with zero attached hydrogens (tertiary/aromatic N) is 7. The van der Waals surface area contributed by atoms with Crippen LogP contribution in [-0.4, -0.2) is 81.6 Å². The largest absolute Gasteiger partial charge is 0.493 e. The van der Waals surface area contributed by atoms with Gasteiger partial charge in [-0.1, -0.05) is 11.6 Å². The quantitative estimate of drug-likeness (QED) is 0.463. The number of alkyl halides is 3. The lowest BCUT2D eigenvalue weighted by Gasteiger charge is -2.59. The van der Waals surface area contributed by atoms with Gasteiger partial charge in [-0.15, -0.1) is 10.2 Å². The molecular weight excluding hydrogens is 531 g/mol. The molecular formula is C27H29ClF3N7O. The Morgan fingerprint density at radius 1 is 1.10 bits per heavy atom. The molecule has 1 saturated carbocycles. The molecule has 2 aromatic heterocycles. The van der Waals surface area contributed by atoms with E-state index in [2.05, 4.69) is 29.5 Å². The van der Waals surface area contributed by atoms with Crippen LogP contribution in [-0.2, 0) is 13.1 Å². The molecule has 7 rings (SSSR count). The zero-order valence-electron chi connectivity index (χ0n) is 21.5. The van der Waals surface area contributed by atoms with Gasteiger partial charge in [-0.25, -0.2) is 4.98 Å². The summed E-state index contributed by atoms with van der Waals surface area (Å²) in [6.45, 7) is 2.93. The van der Waals surface area contributed by atoms with Gasteiger partial charge < -0.3 is 9.64 Å². The first-order valence-electron chi connectivity index (χ1n) is 13.2. The standard InChI is InChI=1S/C27H29ClF3N7O/c1-39-22-3-2-6-32-25(22)37-14-26(15-37)8-18(9-26)24-34-33-23-13-36(20-11-35(12-20)16-27(29,30)31)10-17-7-19(28)4-5-21(17)38(23)24/h2-7,18,20H,8-16H2,1H3. The number of halogens is 4. The molecule has 0 amide bonds. The highest BCUT2D eigenvalue weighted by atomic mass is 35.5. The topological polar surface area (TPSA) is 62.6 Å². The molecule has 1 spiro atoms. The van der Waals surface area contributed by atoms with Crippen molar-refractivity contribution in [1.82, 2.24) is 29.5 Å². The van der Waals surface area contributed by atoms with E-state index in [1.54, 1.807) is 13.3 Å². The van der Waals surface area contributed by atoms with Gasteiger partial charge in [-0.3, -0.25) is 14.4 Å². The number of rotatable bonds is 5. The highest BCUT2D eigenvalue weighted by Gasteiger charge is 2.55. The molecule has 3 aromatic rings. The van der Waals surface area contributed by atoms with Gasteiger partial charge >= 0.3 is 6.18 Å². The normalized spacial score (nSPS) is 21.5. The van der Waals surface area contributed by atoms with Gasteiger partial charge in [-0.05, 0) is 48.7 Å². The first kappa shape index (κ1) is 25.1. The molecule has 3 aliphatic heterocycles. The Hall–Kier alpha value is -2.89. The number of hydrogen-bond donors (Lipinski definition) is 0. The van der Waals surface area contributed by atoms with Gasteiger partial charge in [-0.2, -0.15) is 13.2 Å². The molecule has 12 heteroatoms. The lowest BCUT2D eigenvalue weighted by molar-refractivity contribution is -0.161. The van der Waals surface area contributed by atoms with Crippen molar-refractivity contribution in [1.29, 1.82) is 0 Å². The number of anilines is 1. The van der Waals surface area contributed by atoms with Gasteiger partial charge in [0, 0.05) is 61.3 Å². The van der Waals surface area contributed by atoms with Crippen molar-refractivity contribution in [3.63, 3.8) is 0 Å². The summed E-state index contributed by atoms with van der Waals surface area (Å²) in [5.41, 5.74) is 2.30. The Bertz CT molecular complexity index is 1390. The van der Waals surface area contributed by atoms with E-state index in [9.17, 15) is 13.2 Å². The van der Waals surface area contributed by atoms with Crippen LogP contribution in [0.2, 0.25) is 5.02 Å². The summed E-state index contributed by atoms with van der Waals surface area (Å²) >= 11 is 6.38. The highest BCUT2D eigenvalue weighted by molar-refractivity contribution is 6.30. The number of benzene rings is 1. The third kappa shape index (κ3) is 4.44. The predicted molar refractivity (Wildman–Crippen MR) is 139 cm³/mol. The predicted octanol–water partition coefficient (Wildman–Crippen LogP) is 4.27. The zero-order chi connectivity index (χ0) is 26.9. The maximum atomic E-state index is 12.8. The maximum Gasteiger partial charge on any atom is 0.401 e. The summed E-state index contributed by atoms with van der Waals surface area (Å²) in [5.74, 6) is 3.76. The average molecular weight is 560 g/mol. The molecule has 2 saturated heterocycles. The fourth-order valence-electron chi connectivity index (χ4n) is 6.85. The number of pyridine rings is 1. The van der Waals surface area contributed by atoms with Crippen molar-refractivity contribution in [2.75, 3.05) is 44.7 Å². The van der Waals surface area contributed by atoms with E-state index in [-0.39, 0.29) is 11.5 Å². The fraction of sp³-hybridized carbons (Fsp3) is 0.519. The summed E-state index contributed by atoms with van der Waals surface area (Å²) in [6.07, 6.45) is -0.334. The maximum absolute atomic E-state index is 12.8. The van der Waals surface area contributed by atoms with Crippen molar-refractivity contribution in [2.24, 2.45) is 5.41 Å². The van der Waals surface area contributed by atoms with Crippen LogP contribution in [0.4, 0.5) is 19.0 Å². The fourth-order valence-corrected chi connectivity index (χ4v) is 7.04. The van der Waals surface area contributed by atoms with E-state index >= 15 is 0 Å². The molecule has 5 heterocycles. The third-order valence-electron chi connectivity index (χ3n) is 8.66. The monoisotopic (exact) mass is 559 g/mol. The summed E-state index contributed by atoms with van der Waals surface area (Å²) in [5, 5.41) is 9.90. The number of fused-ring (bicyclic) bond motifs is 3. The van der Waals surface area contributed by atoms with Gasteiger partial charge in [0.2, 0.25) is 0 Å². The molecule has 3 fully saturated rings. The van der Waals surface area contributed by atoms with E-state index in [1.807, 2.05) is 30.3 Å². The number of methoxy groups -OCH3 is 1. The first-order valence-corrected chi connectivity index (χ1v) is 13.6. The van der Waals surface area contributed by atoms with E-state index in [0.29, 0.717) is 37.1 Å². The van der Waals surface area contributed by atoms with Crippen molar-refractivity contribution in [2.45, 2.75) is 44.1 Å². The van der Waals surface area contributed by atoms with Crippen LogP contribution < -0.4 is 9.64 Å². The Morgan fingerprint density at radius 3 is 2.64 bits per heavy atom. The summed E-state index contributed by atoms with van der Waals surface area (Å²) < 4.78 is 46.2. The number of aromatic nitrogens is 4. The second-order valence-corrected chi connectivity index (χ2v) is 11.9. The minimum Gasteiger partial charge on any atom is -0.493 e. The van der Waals surface area contributed by atoms with Crippen molar-refractivity contribution >= 4 is 17.4 Å². The lowest BCUT2D eigenvalue weighted by atomic mass is 9.57. The molecule has 0 radical (unpaired) electrons. The van der Waals surface area contributed by atoms with Crippen LogP contribution in [0, 0.1) is 5.41 Å². The van der Waals surface area contributed by atoms with Crippen molar-refractivity contribution in [3.05, 3.63) is 58.8 Å². The summed E-state index contributed by atoms with van der Waals surface area (Å²) in [7, 11) is 1.67. The van der Waals surface area contributed by atoms with Crippen LogP contribution in [0.25, 0.3) is 5.69 Å². The molecule has 1 aromatic carbocycles. The molecule has 0 atom stereocenters. The van der Waals surface area contributed by atoms with Crippen molar-refractivity contribution in [3.8, 4) is 11.4 Å². The first-order chi connectivity index (χ1) is 18.7. The van der Waals surface area contributed by atoms with Crippen LogP contribution in [0.5, 0.6) is 5.75 Å². The smallest absolute Gasteiger partial charge is 0.401 e. The second kappa shape index (κ2) is 9.07. The third-order valence-corrected chi connectivity index (χ3v) is 8.89. The Kier molecular flexibility index (Phi) is 5.84. The number of likely N-dealkylation sites (tertiary alicyclic amines) is 1. The SMILES string of the molecule is COc1cccnc1N1CC2(CC(c3nnc4n3-c3ccc(Cl)cc3CN(C3CN(CC(F)(F)F)C3)C4)C2)C1. The van der Waals surface area contributed by atoms with E-state index in [1.165, 1.54) is 4.90 Å². The van der Waals surface area contributed by atoms with Crippen LogP contribution in [0.3, 0.4) is 0 Å². The molecule has 0 bridgehead atoms. The van der Waals surface area contributed by atoms with Gasteiger partial charge in [0.25, 0.3) is 0 Å². The molecule has 0 N–H and O–H groups in total. The second-order valence-electron chi connectivity index (χ2n) is 11.4.